The number of aryl methyl sites for hydroxylation is 1. The Morgan fingerprint density at radius 2 is 1.85 bits per heavy atom. The zero-order chi connectivity index (χ0) is 20.0. The van der Waals surface area contributed by atoms with E-state index >= 15 is 0 Å². The Kier molecular flexibility index (Phi) is 6.86. The molecule has 0 radical (unpaired) electrons. The van der Waals surface area contributed by atoms with Crippen LogP contribution in [0.5, 0.6) is 0 Å². The Bertz CT molecular complexity index is 855. The Hall–Kier alpha value is -2.97. The number of rotatable bonds is 6. The highest BCUT2D eigenvalue weighted by molar-refractivity contribution is 6.39. The van der Waals surface area contributed by atoms with Gasteiger partial charge in [-0.1, -0.05) is 36.7 Å². The number of aliphatic hydroxyl groups is 1. The first kappa shape index (κ1) is 20.3. The van der Waals surface area contributed by atoms with Gasteiger partial charge in [0.2, 0.25) is 0 Å². The van der Waals surface area contributed by atoms with E-state index in [9.17, 15) is 24.8 Å². The lowest BCUT2D eigenvalue weighted by atomic mass is 10.1. The molecule has 9 heteroatoms. The van der Waals surface area contributed by atoms with Crippen LogP contribution in [-0.2, 0) is 16.0 Å². The fourth-order valence-corrected chi connectivity index (χ4v) is 2.50. The van der Waals surface area contributed by atoms with E-state index in [4.69, 9.17) is 11.6 Å². The predicted octanol–water partition coefficient (Wildman–Crippen LogP) is 2.60. The molecule has 0 aliphatic carbocycles. The first-order valence-corrected chi connectivity index (χ1v) is 8.49. The van der Waals surface area contributed by atoms with Gasteiger partial charge in [0, 0.05) is 28.9 Å². The van der Waals surface area contributed by atoms with E-state index in [1.807, 2.05) is 0 Å². The van der Waals surface area contributed by atoms with Gasteiger partial charge in [-0.15, -0.1) is 0 Å². The fraction of sp³-hybridized carbons (Fsp3) is 0.222. The maximum Gasteiger partial charge on any atom is 0.313 e. The molecule has 0 aliphatic heterocycles. The van der Waals surface area contributed by atoms with Gasteiger partial charge in [-0.3, -0.25) is 19.7 Å². The van der Waals surface area contributed by atoms with Crippen LogP contribution in [0.2, 0.25) is 5.02 Å². The molecule has 0 spiro atoms. The molecule has 8 nitrogen and oxygen atoms in total. The van der Waals surface area contributed by atoms with Crippen molar-refractivity contribution in [2.24, 2.45) is 0 Å². The number of nitro groups is 1. The third kappa shape index (κ3) is 5.50. The smallest absolute Gasteiger partial charge is 0.313 e. The summed E-state index contributed by atoms with van der Waals surface area (Å²) in [5.74, 6) is -1.96. The van der Waals surface area contributed by atoms with Gasteiger partial charge in [0.15, 0.2) is 0 Å². The summed E-state index contributed by atoms with van der Waals surface area (Å²) in [4.78, 5) is 34.4. The SMILES string of the molecule is CCc1ccc(NC(=O)C(=O)NC[C@H](O)c2ccc(Cl)cc2)cc1[N+](=O)[O-]. The van der Waals surface area contributed by atoms with E-state index in [0.717, 1.165) is 0 Å². The second-order valence-corrected chi connectivity index (χ2v) is 6.12. The molecule has 2 amide bonds. The van der Waals surface area contributed by atoms with Crippen molar-refractivity contribution in [2.75, 3.05) is 11.9 Å². The number of hydrogen-bond donors (Lipinski definition) is 3. The average molecular weight is 392 g/mol. The molecule has 0 aromatic heterocycles. The molecule has 2 rings (SSSR count). The molecular weight excluding hydrogens is 374 g/mol. The highest BCUT2D eigenvalue weighted by Crippen LogP contribution is 2.23. The molecule has 0 aliphatic rings. The Balaban J connectivity index is 1.95. The van der Waals surface area contributed by atoms with Crippen LogP contribution >= 0.6 is 11.6 Å². The average Bonchev–Trinajstić information content (AvgIpc) is 2.66. The van der Waals surface area contributed by atoms with Crippen molar-refractivity contribution in [3.63, 3.8) is 0 Å². The van der Waals surface area contributed by atoms with Crippen LogP contribution in [-0.4, -0.2) is 28.4 Å². The first-order valence-electron chi connectivity index (χ1n) is 8.11. The molecule has 0 saturated heterocycles. The first-order chi connectivity index (χ1) is 12.8. The van der Waals surface area contributed by atoms with E-state index in [1.165, 1.54) is 18.2 Å². The van der Waals surface area contributed by atoms with Gasteiger partial charge in [-0.2, -0.15) is 0 Å². The lowest BCUT2D eigenvalue weighted by Crippen LogP contribution is -2.37. The summed E-state index contributed by atoms with van der Waals surface area (Å²) in [7, 11) is 0. The normalized spacial score (nSPS) is 11.5. The van der Waals surface area contributed by atoms with Gasteiger partial charge in [0.1, 0.15) is 0 Å². The van der Waals surface area contributed by atoms with Crippen molar-refractivity contribution in [3.8, 4) is 0 Å². The summed E-state index contributed by atoms with van der Waals surface area (Å²) in [5, 5.41) is 26.2. The number of carbonyl (C=O) groups is 2. The molecule has 0 heterocycles. The van der Waals surface area contributed by atoms with Crippen LogP contribution in [0.1, 0.15) is 24.2 Å². The number of nitrogens with one attached hydrogen (secondary N) is 2. The Morgan fingerprint density at radius 3 is 2.44 bits per heavy atom. The summed E-state index contributed by atoms with van der Waals surface area (Å²) in [6.07, 6.45) is -0.544. The van der Waals surface area contributed by atoms with Crippen LogP contribution < -0.4 is 10.6 Å². The standard InChI is InChI=1S/C18H18ClN3O5/c1-2-11-5-8-14(9-15(11)22(26)27)21-18(25)17(24)20-10-16(23)12-3-6-13(19)7-4-12/h3-9,16,23H,2,10H2,1H3,(H,20,24)(H,21,25)/t16-/m0/s1. The lowest BCUT2D eigenvalue weighted by molar-refractivity contribution is -0.385. The molecule has 0 saturated carbocycles. The largest absolute Gasteiger partial charge is 0.387 e. The number of carbonyl (C=O) groups excluding carboxylic acids is 2. The number of amides is 2. The predicted molar refractivity (Wildman–Crippen MR) is 101 cm³/mol. The number of aliphatic hydroxyl groups excluding tert-OH is 1. The van der Waals surface area contributed by atoms with Gasteiger partial charge in [-0.25, -0.2) is 0 Å². The second kappa shape index (κ2) is 9.11. The van der Waals surface area contributed by atoms with Gasteiger partial charge in [0.05, 0.1) is 11.0 Å². The van der Waals surface area contributed by atoms with E-state index in [0.29, 0.717) is 22.6 Å². The maximum absolute atomic E-state index is 11.9. The molecule has 0 bridgehead atoms. The van der Waals surface area contributed by atoms with Gasteiger partial charge < -0.3 is 15.7 Å². The van der Waals surface area contributed by atoms with Crippen LogP contribution in [0.15, 0.2) is 42.5 Å². The van der Waals surface area contributed by atoms with Crippen LogP contribution in [0.3, 0.4) is 0 Å². The fourth-order valence-electron chi connectivity index (χ4n) is 2.37. The van der Waals surface area contributed by atoms with Crippen molar-refractivity contribution < 1.29 is 19.6 Å². The molecule has 1 atom stereocenters. The Labute approximate surface area is 160 Å². The molecule has 0 unspecified atom stereocenters. The topological polar surface area (TPSA) is 122 Å². The van der Waals surface area contributed by atoms with Crippen molar-refractivity contribution in [3.05, 3.63) is 68.7 Å². The highest BCUT2D eigenvalue weighted by atomic mass is 35.5. The van der Waals surface area contributed by atoms with E-state index in [1.54, 1.807) is 31.2 Å². The van der Waals surface area contributed by atoms with Crippen molar-refractivity contribution in [1.82, 2.24) is 5.32 Å². The van der Waals surface area contributed by atoms with Crippen LogP contribution in [0.4, 0.5) is 11.4 Å². The van der Waals surface area contributed by atoms with Crippen molar-refractivity contribution in [2.45, 2.75) is 19.4 Å². The number of halogens is 1. The number of nitro benzene ring substituents is 1. The molecular formula is C18H18ClN3O5. The minimum Gasteiger partial charge on any atom is -0.387 e. The zero-order valence-corrected chi connectivity index (χ0v) is 15.2. The number of anilines is 1. The van der Waals surface area contributed by atoms with Gasteiger partial charge in [0.25, 0.3) is 5.69 Å². The molecule has 2 aromatic rings. The minimum absolute atomic E-state index is 0.131. The monoisotopic (exact) mass is 391 g/mol. The third-order valence-corrected chi connectivity index (χ3v) is 4.09. The quantitative estimate of drug-likeness (QED) is 0.397. The summed E-state index contributed by atoms with van der Waals surface area (Å²) in [5.41, 5.74) is 1.06. The van der Waals surface area contributed by atoms with Gasteiger partial charge in [-0.05, 0) is 30.2 Å². The zero-order valence-electron chi connectivity index (χ0n) is 14.4. The minimum atomic E-state index is -1.01. The second-order valence-electron chi connectivity index (χ2n) is 5.69. The molecule has 0 fully saturated rings. The summed E-state index contributed by atoms with van der Waals surface area (Å²) >= 11 is 5.77. The number of hydrogen-bond acceptors (Lipinski definition) is 5. The summed E-state index contributed by atoms with van der Waals surface area (Å²) < 4.78 is 0. The van der Waals surface area contributed by atoms with Crippen LogP contribution in [0, 0.1) is 10.1 Å². The van der Waals surface area contributed by atoms with Crippen molar-refractivity contribution >= 4 is 34.8 Å². The number of nitrogens with zero attached hydrogens (tertiary/aromatic N) is 1. The summed E-state index contributed by atoms with van der Waals surface area (Å²) in [6, 6.07) is 10.6. The molecule has 142 valence electrons. The third-order valence-electron chi connectivity index (χ3n) is 3.84. The number of benzene rings is 2. The van der Waals surface area contributed by atoms with E-state index in [2.05, 4.69) is 10.6 Å². The maximum atomic E-state index is 11.9. The van der Waals surface area contributed by atoms with E-state index in [-0.39, 0.29) is 17.9 Å². The lowest BCUT2D eigenvalue weighted by Gasteiger charge is -2.12. The highest BCUT2D eigenvalue weighted by Gasteiger charge is 2.18. The van der Waals surface area contributed by atoms with Gasteiger partial charge >= 0.3 is 11.8 Å². The van der Waals surface area contributed by atoms with Crippen LogP contribution in [0.25, 0.3) is 0 Å². The molecule has 3 N–H and O–H groups in total. The molecule has 2 aromatic carbocycles. The summed E-state index contributed by atoms with van der Waals surface area (Å²) in [6.45, 7) is 1.60. The van der Waals surface area contributed by atoms with E-state index < -0.39 is 22.8 Å². The molecule has 27 heavy (non-hydrogen) atoms. The Morgan fingerprint density at radius 1 is 1.19 bits per heavy atom. The van der Waals surface area contributed by atoms with Crippen molar-refractivity contribution in [1.29, 1.82) is 0 Å².